The highest BCUT2D eigenvalue weighted by atomic mass is 16.5. The standard InChI is InChI=1S/C59H111NO5/c1-3-5-7-9-11-13-15-16-29-33-37-41-45-49-53-59(64)65-54-50-46-42-38-34-30-27-25-23-21-19-17-18-20-22-24-26-28-32-36-40-44-48-52-58(63)60-56(55-61)57(62)51-47-43-39-35-31-14-12-10-8-6-4-2/h9,11,15-16,20,22,56-57,61-62H,3-8,10,12-14,17-19,21,23-55H2,1-2H3,(H,60,63)/b11-9-,16-15-,22-20-. The van der Waals surface area contributed by atoms with Gasteiger partial charge >= 0.3 is 5.97 Å². The zero-order valence-corrected chi connectivity index (χ0v) is 43.5. The number of carbonyl (C=O) groups excluding carboxylic acids is 2. The van der Waals surface area contributed by atoms with Gasteiger partial charge in [-0.1, -0.05) is 249 Å². The fourth-order valence-electron chi connectivity index (χ4n) is 8.71. The second-order valence-corrected chi connectivity index (χ2v) is 19.6. The monoisotopic (exact) mass is 914 g/mol. The minimum Gasteiger partial charge on any atom is -0.466 e. The summed E-state index contributed by atoms with van der Waals surface area (Å²) >= 11 is 0. The molecular formula is C59H111NO5. The quantitative estimate of drug-likeness (QED) is 0.0321. The van der Waals surface area contributed by atoms with E-state index in [0.29, 0.717) is 25.9 Å². The first-order valence-corrected chi connectivity index (χ1v) is 28.7. The number of allylic oxidation sites excluding steroid dienone is 6. The number of aliphatic hydroxyl groups is 2. The summed E-state index contributed by atoms with van der Waals surface area (Å²) in [5.41, 5.74) is 0. The lowest BCUT2D eigenvalue weighted by molar-refractivity contribution is -0.143. The molecule has 0 aliphatic rings. The van der Waals surface area contributed by atoms with Gasteiger partial charge in [0.25, 0.3) is 0 Å². The fourth-order valence-corrected chi connectivity index (χ4v) is 8.71. The third-order valence-electron chi connectivity index (χ3n) is 13.2. The van der Waals surface area contributed by atoms with Crippen LogP contribution in [0.2, 0.25) is 0 Å². The summed E-state index contributed by atoms with van der Waals surface area (Å²) in [5, 5.41) is 23.2. The van der Waals surface area contributed by atoms with E-state index in [0.717, 1.165) is 51.4 Å². The van der Waals surface area contributed by atoms with Crippen molar-refractivity contribution in [2.45, 2.75) is 315 Å². The van der Waals surface area contributed by atoms with E-state index in [1.54, 1.807) is 0 Å². The third kappa shape index (κ3) is 51.3. The molecule has 0 saturated heterocycles. The summed E-state index contributed by atoms with van der Waals surface area (Å²) in [6, 6.07) is -0.545. The van der Waals surface area contributed by atoms with Crippen LogP contribution in [0.25, 0.3) is 0 Å². The first-order chi connectivity index (χ1) is 32.0. The van der Waals surface area contributed by atoms with Gasteiger partial charge in [-0.3, -0.25) is 9.59 Å². The van der Waals surface area contributed by atoms with E-state index < -0.39 is 12.1 Å². The second kappa shape index (κ2) is 54.7. The van der Waals surface area contributed by atoms with E-state index in [-0.39, 0.29) is 18.5 Å². The number of aliphatic hydroxyl groups excluding tert-OH is 2. The minimum atomic E-state index is -0.667. The van der Waals surface area contributed by atoms with Crippen molar-refractivity contribution in [2.24, 2.45) is 0 Å². The number of unbranched alkanes of at least 4 members (excludes halogenated alkanes) is 36. The predicted molar refractivity (Wildman–Crippen MR) is 283 cm³/mol. The molecule has 0 radical (unpaired) electrons. The molecule has 6 nitrogen and oxygen atoms in total. The molecule has 0 rings (SSSR count). The smallest absolute Gasteiger partial charge is 0.305 e. The number of nitrogens with one attached hydrogen (secondary N) is 1. The Bertz CT molecular complexity index is 1060. The molecule has 1 amide bonds. The lowest BCUT2D eigenvalue weighted by Gasteiger charge is -2.22. The van der Waals surface area contributed by atoms with Gasteiger partial charge in [-0.2, -0.15) is 0 Å². The highest BCUT2D eigenvalue weighted by Gasteiger charge is 2.20. The van der Waals surface area contributed by atoms with E-state index in [9.17, 15) is 19.8 Å². The average Bonchev–Trinajstić information content (AvgIpc) is 3.31. The number of carbonyl (C=O) groups is 2. The van der Waals surface area contributed by atoms with Crippen molar-refractivity contribution >= 4 is 11.9 Å². The van der Waals surface area contributed by atoms with Crippen LogP contribution in [0.15, 0.2) is 36.5 Å². The second-order valence-electron chi connectivity index (χ2n) is 19.6. The zero-order valence-electron chi connectivity index (χ0n) is 43.5. The molecule has 0 aromatic carbocycles. The molecule has 0 aliphatic carbocycles. The van der Waals surface area contributed by atoms with Crippen molar-refractivity contribution in [3.63, 3.8) is 0 Å². The van der Waals surface area contributed by atoms with Crippen molar-refractivity contribution in [1.82, 2.24) is 5.32 Å². The Balaban J connectivity index is 3.40. The molecule has 0 aromatic rings. The number of hydrogen-bond donors (Lipinski definition) is 3. The Hall–Kier alpha value is -1.92. The first kappa shape index (κ1) is 63.1. The van der Waals surface area contributed by atoms with Crippen molar-refractivity contribution in [2.75, 3.05) is 13.2 Å². The van der Waals surface area contributed by atoms with Crippen LogP contribution in [0, 0.1) is 0 Å². The maximum absolute atomic E-state index is 12.4. The van der Waals surface area contributed by atoms with Crippen LogP contribution in [0.5, 0.6) is 0 Å². The molecule has 3 N–H and O–H groups in total. The van der Waals surface area contributed by atoms with Crippen LogP contribution in [-0.4, -0.2) is 47.4 Å². The summed E-state index contributed by atoms with van der Waals surface area (Å²) in [5.74, 6) is -0.0460. The Morgan fingerprint density at radius 1 is 0.431 bits per heavy atom. The average molecular weight is 915 g/mol. The maximum Gasteiger partial charge on any atom is 0.305 e. The SMILES string of the molecule is CCCC/C=C\C/C=C\CCCCCCCC(=O)OCCCCCCCCCCCCCC/C=C\CCCCCCCCCC(=O)NC(CO)C(O)CCCCCCCCCCCCC. The van der Waals surface area contributed by atoms with Crippen molar-refractivity contribution in [3.8, 4) is 0 Å². The van der Waals surface area contributed by atoms with Crippen molar-refractivity contribution in [1.29, 1.82) is 0 Å². The molecule has 0 aromatic heterocycles. The van der Waals surface area contributed by atoms with E-state index in [1.807, 2.05) is 0 Å². The molecule has 382 valence electrons. The largest absolute Gasteiger partial charge is 0.466 e. The summed E-state index contributed by atoms with van der Waals surface area (Å²) < 4.78 is 5.47. The number of ether oxygens (including phenoxy) is 1. The van der Waals surface area contributed by atoms with Gasteiger partial charge < -0.3 is 20.3 Å². The molecule has 6 heteroatoms. The zero-order chi connectivity index (χ0) is 47.2. The molecule has 0 aliphatic heterocycles. The predicted octanol–water partition coefficient (Wildman–Crippen LogP) is 17.6. The van der Waals surface area contributed by atoms with Gasteiger partial charge in [0, 0.05) is 12.8 Å². The van der Waals surface area contributed by atoms with Crippen LogP contribution in [-0.2, 0) is 14.3 Å². The van der Waals surface area contributed by atoms with Crippen molar-refractivity contribution in [3.05, 3.63) is 36.5 Å². The highest BCUT2D eigenvalue weighted by molar-refractivity contribution is 5.76. The first-order valence-electron chi connectivity index (χ1n) is 28.7. The molecule has 65 heavy (non-hydrogen) atoms. The molecule has 2 unspecified atom stereocenters. The Morgan fingerprint density at radius 3 is 1.23 bits per heavy atom. The normalized spacial score (nSPS) is 12.9. The molecule has 0 bridgehead atoms. The van der Waals surface area contributed by atoms with E-state index in [4.69, 9.17) is 4.74 Å². The number of rotatable bonds is 53. The van der Waals surface area contributed by atoms with Crippen LogP contribution < -0.4 is 5.32 Å². The van der Waals surface area contributed by atoms with Gasteiger partial charge in [-0.05, 0) is 77.0 Å². The van der Waals surface area contributed by atoms with Crippen molar-refractivity contribution < 1.29 is 24.5 Å². The molecule has 2 atom stereocenters. The summed E-state index contributed by atoms with van der Waals surface area (Å²) in [7, 11) is 0. The van der Waals surface area contributed by atoms with E-state index in [1.165, 1.54) is 218 Å². The van der Waals surface area contributed by atoms with Gasteiger partial charge in [0.15, 0.2) is 0 Å². The van der Waals surface area contributed by atoms with Gasteiger partial charge in [-0.15, -0.1) is 0 Å². The van der Waals surface area contributed by atoms with Crippen LogP contribution >= 0.6 is 0 Å². The van der Waals surface area contributed by atoms with E-state index in [2.05, 4.69) is 55.6 Å². The number of hydrogen-bond acceptors (Lipinski definition) is 5. The Morgan fingerprint density at radius 2 is 0.785 bits per heavy atom. The van der Waals surface area contributed by atoms with Gasteiger partial charge in [0.05, 0.1) is 25.4 Å². The number of esters is 1. The van der Waals surface area contributed by atoms with Gasteiger partial charge in [0.2, 0.25) is 5.91 Å². The Kier molecular flexibility index (Phi) is 53.1. The summed E-state index contributed by atoms with van der Waals surface area (Å²) in [4.78, 5) is 24.5. The van der Waals surface area contributed by atoms with Gasteiger partial charge in [0.1, 0.15) is 0 Å². The maximum atomic E-state index is 12.4. The molecule has 0 fully saturated rings. The lowest BCUT2D eigenvalue weighted by atomic mass is 10.0. The van der Waals surface area contributed by atoms with Crippen LogP contribution in [0.3, 0.4) is 0 Å². The Labute approximate surface area is 404 Å². The van der Waals surface area contributed by atoms with E-state index >= 15 is 0 Å². The molecule has 0 saturated carbocycles. The van der Waals surface area contributed by atoms with Crippen LogP contribution in [0.1, 0.15) is 303 Å². The summed E-state index contributed by atoms with van der Waals surface area (Å²) in [6.45, 7) is 4.89. The fraction of sp³-hybridized carbons (Fsp3) is 0.864. The number of amides is 1. The lowest BCUT2D eigenvalue weighted by Crippen LogP contribution is -2.45. The topological polar surface area (TPSA) is 95.9 Å². The summed E-state index contributed by atoms with van der Waals surface area (Å²) in [6.07, 6.45) is 67.1. The van der Waals surface area contributed by atoms with Gasteiger partial charge in [-0.25, -0.2) is 0 Å². The molecule has 0 spiro atoms. The molecular weight excluding hydrogens is 803 g/mol. The minimum absolute atomic E-state index is 0.00350. The third-order valence-corrected chi connectivity index (χ3v) is 13.2. The van der Waals surface area contributed by atoms with Crippen LogP contribution in [0.4, 0.5) is 0 Å². The molecule has 0 heterocycles. The highest BCUT2D eigenvalue weighted by Crippen LogP contribution is 2.16.